The molecule has 6 nitrogen and oxygen atoms in total. The molecule has 344 valence electrons. The minimum atomic E-state index is -0.812. The van der Waals surface area contributed by atoms with Crippen molar-refractivity contribution in [1.29, 1.82) is 0 Å². The Labute approximate surface area is 374 Å². The second kappa shape index (κ2) is 48.7. The lowest BCUT2D eigenvalue weighted by Gasteiger charge is -2.18. The second-order valence-corrected chi connectivity index (χ2v) is 15.7. The van der Waals surface area contributed by atoms with E-state index in [-0.39, 0.29) is 37.5 Å². The highest BCUT2D eigenvalue weighted by atomic mass is 16.6. The van der Waals surface area contributed by atoms with E-state index in [9.17, 15) is 14.4 Å². The molecule has 0 fully saturated rings. The van der Waals surface area contributed by atoms with E-state index in [4.69, 9.17) is 14.2 Å². The predicted molar refractivity (Wildman–Crippen MR) is 260 cm³/mol. The number of allylic oxidation sites excluding steroid dienone is 18. The first-order valence-corrected chi connectivity index (χ1v) is 24.5. The fourth-order valence-electron chi connectivity index (χ4n) is 6.28. The standard InChI is InChI=1S/C55H88O6/c1-4-7-10-13-16-19-22-25-27-29-30-33-36-39-42-45-48-54(57)60-51-52(50-59-53(56)47-44-41-38-35-32-24-21-18-15-12-9-6-3)61-55(58)49-46-43-40-37-34-31-28-26-23-20-17-14-11-8-5-2/h7-8,10-11,14,16-17,19-20,23,25-28,30-31,33-34,52H,4-6,9,12-13,15,18,21-22,24,29,32,35-51H2,1-3H3/b10-7-,11-8-,17-14-,19-16-,23-20-,27-25-,28-26-,33-30-,34-31-. The predicted octanol–water partition coefficient (Wildman–Crippen LogP) is 16.0. The Bertz CT molecular complexity index is 1290. The van der Waals surface area contributed by atoms with Crippen LogP contribution in [-0.4, -0.2) is 37.2 Å². The molecule has 0 aromatic rings. The average molecular weight is 845 g/mol. The molecule has 0 N–H and O–H groups in total. The van der Waals surface area contributed by atoms with Crippen molar-refractivity contribution in [3.63, 3.8) is 0 Å². The summed E-state index contributed by atoms with van der Waals surface area (Å²) in [7, 11) is 0. The van der Waals surface area contributed by atoms with Gasteiger partial charge < -0.3 is 14.2 Å². The van der Waals surface area contributed by atoms with Gasteiger partial charge in [-0.05, 0) is 77.0 Å². The molecule has 0 aliphatic heterocycles. The van der Waals surface area contributed by atoms with E-state index in [2.05, 4.69) is 81.5 Å². The Hall–Kier alpha value is -3.93. The molecule has 0 rings (SSSR count). The number of carbonyl (C=O) groups excluding carboxylic acids is 3. The number of rotatable bonds is 42. The summed E-state index contributed by atoms with van der Waals surface area (Å²) in [6.45, 7) is 6.29. The molecule has 0 aromatic heterocycles. The van der Waals surface area contributed by atoms with Gasteiger partial charge in [-0.15, -0.1) is 0 Å². The molecule has 6 heteroatoms. The lowest BCUT2D eigenvalue weighted by Crippen LogP contribution is -2.30. The monoisotopic (exact) mass is 845 g/mol. The van der Waals surface area contributed by atoms with Gasteiger partial charge in [0.25, 0.3) is 0 Å². The lowest BCUT2D eigenvalue weighted by atomic mass is 10.0. The van der Waals surface area contributed by atoms with Crippen molar-refractivity contribution in [3.05, 3.63) is 109 Å². The second-order valence-electron chi connectivity index (χ2n) is 15.7. The summed E-state index contributed by atoms with van der Waals surface area (Å²) in [5, 5.41) is 0. The molecule has 1 atom stereocenters. The van der Waals surface area contributed by atoms with Crippen LogP contribution in [0.3, 0.4) is 0 Å². The number of carbonyl (C=O) groups is 3. The smallest absolute Gasteiger partial charge is 0.306 e. The van der Waals surface area contributed by atoms with Gasteiger partial charge in [-0.3, -0.25) is 14.4 Å². The molecular formula is C55H88O6. The lowest BCUT2D eigenvalue weighted by molar-refractivity contribution is -0.167. The minimum absolute atomic E-state index is 0.106. The summed E-state index contributed by atoms with van der Waals surface area (Å²) >= 11 is 0. The molecule has 0 saturated carbocycles. The van der Waals surface area contributed by atoms with E-state index in [0.29, 0.717) is 19.3 Å². The fourth-order valence-corrected chi connectivity index (χ4v) is 6.28. The van der Waals surface area contributed by atoms with Crippen LogP contribution < -0.4 is 0 Å². The van der Waals surface area contributed by atoms with Crippen LogP contribution in [0.5, 0.6) is 0 Å². The van der Waals surface area contributed by atoms with Crippen LogP contribution in [0.4, 0.5) is 0 Å². The molecule has 0 amide bonds. The molecule has 0 heterocycles. The fraction of sp³-hybridized carbons (Fsp3) is 0.618. The highest BCUT2D eigenvalue weighted by Gasteiger charge is 2.19. The molecule has 0 spiro atoms. The van der Waals surface area contributed by atoms with Gasteiger partial charge >= 0.3 is 17.9 Å². The average Bonchev–Trinajstić information content (AvgIpc) is 3.26. The number of ether oxygens (including phenoxy) is 3. The summed E-state index contributed by atoms with van der Waals surface area (Å²) in [4.78, 5) is 37.9. The molecule has 0 aromatic carbocycles. The van der Waals surface area contributed by atoms with Crippen molar-refractivity contribution in [3.8, 4) is 0 Å². The topological polar surface area (TPSA) is 78.9 Å². The van der Waals surface area contributed by atoms with Crippen molar-refractivity contribution in [2.75, 3.05) is 13.2 Å². The van der Waals surface area contributed by atoms with Crippen LogP contribution in [-0.2, 0) is 28.6 Å². The third-order valence-electron chi connectivity index (χ3n) is 9.90. The quantitative estimate of drug-likeness (QED) is 0.0200. The first kappa shape index (κ1) is 57.1. The maximum absolute atomic E-state index is 12.8. The van der Waals surface area contributed by atoms with E-state index >= 15 is 0 Å². The molecule has 1 unspecified atom stereocenters. The first-order valence-electron chi connectivity index (χ1n) is 24.5. The molecule has 0 aliphatic rings. The molecule has 0 aliphatic carbocycles. The third-order valence-corrected chi connectivity index (χ3v) is 9.90. The zero-order valence-corrected chi connectivity index (χ0v) is 39.1. The van der Waals surface area contributed by atoms with E-state index in [1.165, 1.54) is 57.8 Å². The van der Waals surface area contributed by atoms with E-state index in [0.717, 1.165) is 96.3 Å². The molecule has 0 radical (unpaired) electrons. The number of hydrogen-bond acceptors (Lipinski definition) is 6. The largest absolute Gasteiger partial charge is 0.462 e. The van der Waals surface area contributed by atoms with Crippen LogP contribution in [0.2, 0.25) is 0 Å². The molecular weight excluding hydrogens is 757 g/mol. The third kappa shape index (κ3) is 47.0. The van der Waals surface area contributed by atoms with Gasteiger partial charge in [0.15, 0.2) is 6.10 Å². The van der Waals surface area contributed by atoms with Crippen molar-refractivity contribution in [1.82, 2.24) is 0 Å². The van der Waals surface area contributed by atoms with Crippen molar-refractivity contribution in [2.24, 2.45) is 0 Å². The van der Waals surface area contributed by atoms with Crippen LogP contribution in [0.15, 0.2) is 109 Å². The normalized spacial score (nSPS) is 13.0. The van der Waals surface area contributed by atoms with Crippen LogP contribution in [0.25, 0.3) is 0 Å². The van der Waals surface area contributed by atoms with E-state index < -0.39 is 6.10 Å². The summed E-state index contributed by atoms with van der Waals surface area (Å²) in [6, 6.07) is 0. The zero-order chi connectivity index (χ0) is 44.4. The van der Waals surface area contributed by atoms with Crippen LogP contribution in [0.1, 0.15) is 201 Å². The Morgan fingerprint density at radius 3 is 1.20 bits per heavy atom. The van der Waals surface area contributed by atoms with Gasteiger partial charge in [0.05, 0.1) is 0 Å². The summed E-state index contributed by atoms with van der Waals surface area (Å²) < 4.78 is 16.7. The Morgan fingerprint density at radius 1 is 0.361 bits per heavy atom. The zero-order valence-electron chi connectivity index (χ0n) is 39.1. The summed E-state index contributed by atoms with van der Waals surface area (Å²) in [5.41, 5.74) is 0. The van der Waals surface area contributed by atoms with Gasteiger partial charge in [0.2, 0.25) is 0 Å². The first-order chi connectivity index (χ1) is 30.0. The van der Waals surface area contributed by atoms with Crippen LogP contribution >= 0.6 is 0 Å². The molecule has 61 heavy (non-hydrogen) atoms. The van der Waals surface area contributed by atoms with Crippen molar-refractivity contribution in [2.45, 2.75) is 207 Å². The van der Waals surface area contributed by atoms with Crippen LogP contribution in [0, 0.1) is 0 Å². The van der Waals surface area contributed by atoms with E-state index in [1.807, 2.05) is 48.6 Å². The van der Waals surface area contributed by atoms with Crippen molar-refractivity contribution < 1.29 is 28.6 Å². The Kier molecular flexibility index (Phi) is 45.6. The highest BCUT2D eigenvalue weighted by molar-refractivity contribution is 5.71. The van der Waals surface area contributed by atoms with Gasteiger partial charge in [-0.1, -0.05) is 214 Å². The van der Waals surface area contributed by atoms with Gasteiger partial charge in [0, 0.05) is 19.3 Å². The van der Waals surface area contributed by atoms with E-state index in [1.54, 1.807) is 0 Å². The van der Waals surface area contributed by atoms with Gasteiger partial charge in [-0.2, -0.15) is 0 Å². The number of hydrogen-bond donors (Lipinski definition) is 0. The Morgan fingerprint density at radius 2 is 0.721 bits per heavy atom. The van der Waals surface area contributed by atoms with Crippen molar-refractivity contribution >= 4 is 17.9 Å². The minimum Gasteiger partial charge on any atom is -0.462 e. The number of unbranched alkanes of at least 4 members (excludes halogenated alkanes) is 17. The Balaban J connectivity index is 4.54. The maximum atomic E-state index is 12.8. The van der Waals surface area contributed by atoms with Gasteiger partial charge in [0.1, 0.15) is 13.2 Å². The summed E-state index contributed by atoms with van der Waals surface area (Å²) in [6.07, 6.45) is 64.9. The van der Waals surface area contributed by atoms with Gasteiger partial charge in [-0.25, -0.2) is 0 Å². The molecule has 0 saturated heterocycles. The molecule has 0 bridgehead atoms. The highest BCUT2D eigenvalue weighted by Crippen LogP contribution is 2.14. The maximum Gasteiger partial charge on any atom is 0.306 e. The number of esters is 3. The summed E-state index contributed by atoms with van der Waals surface area (Å²) in [5.74, 6) is -0.989. The SMILES string of the molecule is CC\C=C/C=C\C=C/C=C\C=C/CCCCCC(=O)OC(COC(=O)CCCCC/C=C\C/C=C\C/C=C\C/C=C\CC)COC(=O)CCCCCCCCCCCCCC.